The molecule has 1 aromatic heterocycles. The van der Waals surface area contributed by atoms with Crippen LogP contribution in [-0.2, 0) is 12.7 Å². The van der Waals surface area contributed by atoms with E-state index in [0.717, 1.165) is 12.3 Å². The normalized spacial score (nSPS) is 14.6. The molecule has 1 aromatic carbocycles. The number of amides is 1. The van der Waals surface area contributed by atoms with Crippen LogP contribution < -0.4 is 25.4 Å². The fourth-order valence-corrected chi connectivity index (χ4v) is 3.98. The van der Waals surface area contributed by atoms with Gasteiger partial charge in [-0.15, -0.1) is 0 Å². The number of aromatic nitrogens is 1. The van der Waals surface area contributed by atoms with Crippen LogP contribution in [0.3, 0.4) is 0 Å². The Balaban J connectivity index is 2.07. The van der Waals surface area contributed by atoms with Crippen molar-refractivity contribution in [1.82, 2.24) is 10.3 Å². The standard InChI is InChI=1S/C23H28F4N4O3/c1-3-33-18-9-14(10-19(21(18)24)34-4-2)13-31(15-5-7-29-8-6-15)20-11-17(23(25,26)27)16(12-30-20)22(28)32/h9-12,15,29H,3-8,13H2,1-2H3,(H2,28,32). The van der Waals surface area contributed by atoms with Crippen molar-refractivity contribution in [3.8, 4) is 11.5 Å². The van der Waals surface area contributed by atoms with E-state index in [2.05, 4.69) is 10.3 Å². The number of halogens is 4. The number of carbonyl (C=O) groups is 1. The summed E-state index contributed by atoms with van der Waals surface area (Å²) < 4.78 is 66.6. The Morgan fingerprint density at radius 3 is 2.24 bits per heavy atom. The topological polar surface area (TPSA) is 89.7 Å². The van der Waals surface area contributed by atoms with Crippen molar-refractivity contribution in [2.75, 3.05) is 31.2 Å². The third-order valence-corrected chi connectivity index (χ3v) is 5.52. The highest BCUT2D eigenvalue weighted by molar-refractivity contribution is 5.94. The molecule has 0 bridgehead atoms. The molecule has 7 nitrogen and oxygen atoms in total. The Kier molecular flexibility index (Phi) is 8.19. The summed E-state index contributed by atoms with van der Waals surface area (Å²) in [5.74, 6) is -1.79. The third kappa shape index (κ3) is 5.88. The van der Waals surface area contributed by atoms with Gasteiger partial charge in [-0.25, -0.2) is 4.98 Å². The molecule has 0 spiro atoms. The van der Waals surface area contributed by atoms with Crippen LogP contribution in [0.5, 0.6) is 11.5 Å². The molecule has 0 radical (unpaired) electrons. The maximum atomic E-state index is 14.7. The van der Waals surface area contributed by atoms with Gasteiger partial charge in [0.25, 0.3) is 5.91 Å². The van der Waals surface area contributed by atoms with Crippen molar-refractivity contribution >= 4 is 11.7 Å². The summed E-state index contributed by atoms with van der Waals surface area (Å²) in [5.41, 5.74) is 3.89. The monoisotopic (exact) mass is 484 g/mol. The van der Waals surface area contributed by atoms with E-state index in [4.69, 9.17) is 15.2 Å². The zero-order chi connectivity index (χ0) is 24.9. The van der Waals surface area contributed by atoms with Crippen LogP contribution in [0.4, 0.5) is 23.4 Å². The first kappa shape index (κ1) is 25.5. The van der Waals surface area contributed by atoms with Gasteiger partial charge in [0.2, 0.25) is 5.82 Å². The van der Waals surface area contributed by atoms with Gasteiger partial charge in [0, 0.05) is 18.8 Å². The summed E-state index contributed by atoms with van der Waals surface area (Å²) in [6.45, 7) is 5.40. The molecule has 11 heteroatoms. The van der Waals surface area contributed by atoms with E-state index < -0.39 is 29.0 Å². The van der Waals surface area contributed by atoms with Crippen molar-refractivity contribution in [3.05, 3.63) is 46.9 Å². The minimum atomic E-state index is -4.79. The molecule has 2 heterocycles. The van der Waals surface area contributed by atoms with Gasteiger partial charge in [0.15, 0.2) is 11.5 Å². The van der Waals surface area contributed by atoms with Gasteiger partial charge < -0.3 is 25.4 Å². The van der Waals surface area contributed by atoms with E-state index in [-0.39, 0.29) is 43.1 Å². The third-order valence-electron chi connectivity index (χ3n) is 5.52. The lowest BCUT2D eigenvalue weighted by Crippen LogP contribution is -2.43. The number of hydrogen-bond acceptors (Lipinski definition) is 6. The number of anilines is 1. The Morgan fingerprint density at radius 2 is 1.74 bits per heavy atom. The number of nitrogens with zero attached hydrogens (tertiary/aromatic N) is 2. The minimum Gasteiger partial charge on any atom is -0.491 e. The van der Waals surface area contributed by atoms with Crippen LogP contribution in [0, 0.1) is 5.82 Å². The molecule has 1 amide bonds. The van der Waals surface area contributed by atoms with Crippen molar-refractivity contribution in [1.29, 1.82) is 0 Å². The van der Waals surface area contributed by atoms with E-state index in [1.165, 1.54) is 12.1 Å². The fraction of sp³-hybridized carbons (Fsp3) is 0.478. The molecule has 0 saturated carbocycles. The highest BCUT2D eigenvalue weighted by Gasteiger charge is 2.36. The molecule has 0 aliphatic carbocycles. The molecule has 0 atom stereocenters. The molecule has 0 unspecified atom stereocenters. The number of primary amides is 1. The molecule has 1 fully saturated rings. The lowest BCUT2D eigenvalue weighted by atomic mass is 10.0. The van der Waals surface area contributed by atoms with Crippen LogP contribution in [0.15, 0.2) is 24.4 Å². The summed E-state index contributed by atoms with van der Waals surface area (Å²) in [4.78, 5) is 17.5. The Bertz CT molecular complexity index is 983. The lowest BCUT2D eigenvalue weighted by Gasteiger charge is -2.36. The SMILES string of the molecule is CCOc1cc(CN(c2cc(C(F)(F)F)c(C(N)=O)cn2)C2CCNCC2)cc(OCC)c1F. The summed E-state index contributed by atoms with van der Waals surface area (Å²) >= 11 is 0. The maximum absolute atomic E-state index is 14.7. The predicted octanol–water partition coefficient (Wildman–Crippen LogP) is 3.89. The van der Waals surface area contributed by atoms with Gasteiger partial charge in [-0.1, -0.05) is 0 Å². The van der Waals surface area contributed by atoms with E-state index in [1.54, 1.807) is 18.7 Å². The second-order valence-electron chi connectivity index (χ2n) is 7.83. The van der Waals surface area contributed by atoms with Gasteiger partial charge >= 0.3 is 6.18 Å². The van der Waals surface area contributed by atoms with Crippen LogP contribution in [0.1, 0.15) is 48.2 Å². The summed E-state index contributed by atoms with van der Waals surface area (Å²) in [7, 11) is 0. The average Bonchev–Trinajstić information content (AvgIpc) is 2.80. The number of carbonyl (C=O) groups excluding carboxylic acids is 1. The molecule has 3 rings (SSSR count). The predicted molar refractivity (Wildman–Crippen MR) is 119 cm³/mol. The number of nitrogens with one attached hydrogen (secondary N) is 1. The number of benzene rings is 1. The van der Waals surface area contributed by atoms with Crippen LogP contribution in [-0.4, -0.2) is 43.2 Å². The van der Waals surface area contributed by atoms with Gasteiger partial charge in [0.1, 0.15) is 5.82 Å². The molecule has 186 valence electrons. The summed E-state index contributed by atoms with van der Waals surface area (Å²) in [6.07, 6.45) is -2.60. The van der Waals surface area contributed by atoms with Crippen LogP contribution >= 0.6 is 0 Å². The second kappa shape index (κ2) is 10.9. The van der Waals surface area contributed by atoms with E-state index in [1.807, 2.05) is 0 Å². The first-order valence-corrected chi connectivity index (χ1v) is 11.1. The largest absolute Gasteiger partial charge is 0.491 e. The number of nitrogens with two attached hydrogens (primary N) is 1. The zero-order valence-electron chi connectivity index (χ0n) is 19.0. The second-order valence-corrected chi connectivity index (χ2v) is 7.83. The van der Waals surface area contributed by atoms with Gasteiger partial charge in [-0.2, -0.15) is 17.6 Å². The highest BCUT2D eigenvalue weighted by atomic mass is 19.4. The highest BCUT2D eigenvalue weighted by Crippen LogP contribution is 2.36. The number of piperidine rings is 1. The number of hydrogen-bond donors (Lipinski definition) is 2. The van der Waals surface area contributed by atoms with Crippen LogP contribution in [0.2, 0.25) is 0 Å². The van der Waals surface area contributed by atoms with E-state index >= 15 is 0 Å². The number of ether oxygens (including phenoxy) is 2. The number of rotatable bonds is 9. The van der Waals surface area contributed by atoms with Crippen molar-refractivity contribution in [2.45, 2.75) is 45.5 Å². The lowest BCUT2D eigenvalue weighted by molar-refractivity contribution is -0.137. The molecule has 1 aliphatic rings. The van der Waals surface area contributed by atoms with Gasteiger partial charge in [-0.3, -0.25) is 4.79 Å². The Morgan fingerprint density at radius 1 is 1.15 bits per heavy atom. The molecule has 2 aromatic rings. The number of alkyl halides is 3. The van der Waals surface area contributed by atoms with Crippen molar-refractivity contribution in [3.63, 3.8) is 0 Å². The average molecular weight is 484 g/mol. The fourth-order valence-electron chi connectivity index (χ4n) is 3.98. The molecule has 34 heavy (non-hydrogen) atoms. The van der Waals surface area contributed by atoms with Gasteiger partial charge in [-0.05, 0) is 63.5 Å². The van der Waals surface area contributed by atoms with E-state index in [9.17, 15) is 22.4 Å². The first-order valence-electron chi connectivity index (χ1n) is 11.1. The summed E-state index contributed by atoms with van der Waals surface area (Å²) in [5, 5.41) is 3.23. The zero-order valence-corrected chi connectivity index (χ0v) is 19.0. The van der Waals surface area contributed by atoms with E-state index in [0.29, 0.717) is 31.5 Å². The minimum absolute atomic E-state index is 0.00160. The van der Waals surface area contributed by atoms with Crippen molar-refractivity contribution < 1.29 is 31.8 Å². The summed E-state index contributed by atoms with van der Waals surface area (Å²) in [6, 6.07) is 3.74. The number of pyridine rings is 1. The van der Waals surface area contributed by atoms with Gasteiger partial charge in [0.05, 0.1) is 24.3 Å². The molecule has 3 N–H and O–H groups in total. The first-order chi connectivity index (χ1) is 16.2. The quantitative estimate of drug-likeness (QED) is 0.525. The Hall–Kier alpha value is -3.08. The Labute approximate surface area is 195 Å². The molecular weight excluding hydrogens is 456 g/mol. The van der Waals surface area contributed by atoms with Crippen molar-refractivity contribution in [2.24, 2.45) is 5.73 Å². The van der Waals surface area contributed by atoms with Crippen LogP contribution in [0.25, 0.3) is 0 Å². The maximum Gasteiger partial charge on any atom is 0.417 e. The smallest absolute Gasteiger partial charge is 0.417 e. The molecule has 1 saturated heterocycles. The molecule has 1 aliphatic heterocycles. The molecular formula is C23H28F4N4O3.